The number of halogens is 2. The molecular weight excluding hydrogens is 178 g/mol. The second kappa shape index (κ2) is 3.98. The van der Waals surface area contributed by atoms with E-state index in [1.165, 1.54) is 0 Å². The number of ether oxygens (including phenoxy) is 1. The van der Waals surface area contributed by atoms with Crippen LogP contribution in [-0.4, -0.2) is 12.9 Å². The van der Waals surface area contributed by atoms with Crippen molar-refractivity contribution in [3.05, 3.63) is 29.3 Å². The topological polar surface area (TPSA) is 26.3 Å². The Labute approximate surface area is 74.1 Å². The predicted octanol–water partition coefficient (Wildman–Crippen LogP) is 2.18. The lowest BCUT2D eigenvalue weighted by atomic mass is 10.2. The maximum Gasteiger partial charge on any atom is 0.162 e. The van der Waals surface area contributed by atoms with E-state index in [0.717, 1.165) is 12.1 Å². The van der Waals surface area contributed by atoms with Gasteiger partial charge in [-0.3, -0.25) is 4.79 Å². The van der Waals surface area contributed by atoms with E-state index in [-0.39, 0.29) is 11.3 Å². The van der Waals surface area contributed by atoms with E-state index < -0.39 is 11.6 Å². The van der Waals surface area contributed by atoms with E-state index in [1.54, 1.807) is 6.92 Å². The summed E-state index contributed by atoms with van der Waals surface area (Å²) in [7, 11) is 0. The molecule has 0 saturated heterocycles. The number of benzene rings is 1. The first kappa shape index (κ1) is 9.64. The zero-order chi connectivity index (χ0) is 9.84. The molecule has 13 heavy (non-hydrogen) atoms. The zero-order valence-corrected chi connectivity index (χ0v) is 7.01. The maximum absolute atomic E-state index is 12.6. The Bertz CT molecular complexity index is 324. The molecule has 0 bridgehead atoms. The van der Waals surface area contributed by atoms with Gasteiger partial charge in [-0.25, -0.2) is 8.78 Å². The quantitative estimate of drug-likeness (QED) is 0.676. The van der Waals surface area contributed by atoms with Crippen molar-refractivity contribution in [3.63, 3.8) is 0 Å². The van der Waals surface area contributed by atoms with E-state index in [1.807, 2.05) is 0 Å². The minimum absolute atomic E-state index is 0.0146. The fraction of sp³-hybridized carbons (Fsp3) is 0.222. The molecule has 0 saturated carbocycles. The summed E-state index contributed by atoms with van der Waals surface area (Å²) < 4.78 is 30.2. The van der Waals surface area contributed by atoms with Crippen molar-refractivity contribution in [2.75, 3.05) is 6.61 Å². The molecule has 0 aliphatic rings. The van der Waals surface area contributed by atoms with Gasteiger partial charge >= 0.3 is 0 Å². The first-order valence-electron chi connectivity index (χ1n) is 3.76. The molecule has 0 heterocycles. The van der Waals surface area contributed by atoms with Crippen LogP contribution in [-0.2, 0) is 0 Å². The highest BCUT2D eigenvalue weighted by Crippen LogP contribution is 2.20. The Morgan fingerprint density at radius 1 is 1.38 bits per heavy atom. The minimum atomic E-state index is -1.05. The Kier molecular flexibility index (Phi) is 2.95. The molecular formula is C9H8F2O2. The Hall–Kier alpha value is -1.45. The zero-order valence-electron chi connectivity index (χ0n) is 7.01. The Morgan fingerprint density at radius 3 is 2.54 bits per heavy atom. The van der Waals surface area contributed by atoms with Crippen molar-refractivity contribution in [1.82, 2.24) is 0 Å². The Morgan fingerprint density at radius 2 is 2.00 bits per heavy atom. The van der Waals surface area contributed by atoms with Crippen LogP contribution in [0, 0.1) is 11.6 Å². The molecule has 2 nitrogen and oxygen atoms in total. The molecule has 0 aliphatic carbocycles. The molecule has 0 aliphatic heterocycles. The van der Waals surface area contributed by atoms with Gasteiger partial charge in [0, 0.05) is 6.07 Å². The van der Waals surface area contributed by atoms with Crippen molar-refractivity contribution < 1.29 is 18.3 Å². The molecule has 70 valence electrons. The van der Waals surface area contributed by atoms with Crippen LogP contribution in [0.5, 0.6) is 5.75 Å². The monoisotopic (exact) mass is 186 g/mol. The first-order valence-corrected chi connectivity index (χ1v) is 3.76. The van der Waals surface area contributed by atoms with Gasteiger partial charge in [0.05, 0.1) is 12.2 Å². The molecule has 0 radical (unpaired) electrons. The fourth-order valence-electron chi connectivity index (χ4n) is 0.917. The normalized spacial score (nSPS) is 9.77. The SMILES string of the molecule is CCOc1cc(F)c(F)cc1C=O. The summed E-state index contributed by atoms with van der Waals surface area (Å²) in [6.45, 7) is 1.99. The number of aldehydes is 1. The van der Waals surface area contributed by atoms with Crippen LogP contribution in [0.3, 0.4) is 0 Å². The average Bonchev–Trinajstić information content (AvgIpc) is 2.11. The second-order valence-electron chi connectivity index (χ2n) is 2.36. The third-order valence-corrected chi connectivity index (χ3v) is 1.48. The molecule has 0 aromatic heterocycles. The molecule has 0 N–H and O–H groups in total. The summed E-state index contributed by atoms with van der Waals surface area (Å²) >= 11 is 0. The number of hydrogen-bond acceptors (Lipinski definition) is 2. The summed E-state index contributed by atoms with van der Waals surface area (Å²) in [5.41, 5.74) is 0.0146. The molecule has 4 heteroatoms. The van der Waals surface area contributed by atoms with Crippen LogP contribution >= 0.6 is 0 Å². The lowest BCUT2D eigenvalue weighted by Gasteiger charge is -2.05. The van der Waals surface area contributed by atoms with Crippen molar-refractivity contribution in [1.29, 1.82) is 0 Å². The van der Waals surface area contributed by atoms with Gasteiger partial charge < -0.3 is 4.74 Å². The summed E-state index contributed by atoms with van der Waals surface area (Å²) in [6.07, 6.45) is 0.424. The number of carbonyl (C=O) groups excluding carboxylic acids is 1. The van der Waals surface area contributed by atoms with Gasteiger partial charge in [0.2, 0.25) is 0 Å². The van der Waals surface area contributed by atoms with Gasteiger partial charge in [0.25, 0.3) is 0 Å². The third-order valence-electron chi connectivity index (χ3n) is 1.48. The largest absolute Gasteiger partial charge is 0.493 e. The van der Waals surface area contributed by atoms with Crippen LogP contribution in [0.25, 0.3) is 0 Å². The summed E-state index contributed by atoms with van der Waals surface area (Å²) in [6, 6.07) is 1.68. The fourth-order valence-corrected chi connectivity index (χ4v) is 0.917. The number of rotatable bonds is 3. The molecule has 1 rings (SSSR count). The number of carbonyl (C=O) groups is 1. The highest BCUT2D eigenvalue weighted by Gasteiger charge is 2.09. The molecule has 0 spiro atoms. The van der Waals surface area contributed by atoms with Crippen molar-refractivity contribution in [3.8, 4) is 5.75 Å². The predicted molar refractivity (Wildman–Crippen MR) is 42.9 cm³/mol. The number of hydrogen-bond donors (Lipinski definition) is 0. The third kappa shape index (κ3) is 2.02. The van der Waals surface area contributed by atoms with Gasteiger partial charge in [-0.05, 0) is 13.0 Å². The smallest absolute Gasteiger partial charge is 0.162 e. The highest BCUT2D eigenvalue weighted by molar-refractivity contribution is 5.79. The highest BCUT2D eigenvalue weighted by atomic mass is 19.2. The van der Waals surface area contributed by atoms with E-state index in [0.29, 0.717) is 12.9 Å². The van der Waals surface area contributed by atoms with Crippen molar-refractivity contribution in [2.45, 2.75) is 6.92 Å². The van der Waals surface area contributed by atoms with Crippen LogP contribution in [0.15, 0.2) is 12.1 Å². The summed E-state index contributed by atoms with van der Waals surface area (Å²) in [5.74, 6) is -2.00. The molecule has 1 aromatic carbocycles. The van der Waals surface area contributed by atoms with Crippen LogP contribution in [0.1, 0.15) is 17.3 Å². The second-order valence-corrected chi connectivity index (χ2v) is 2.36. The molecule has 0 atom stereocenters. The van der Waals surface area contributed by atoms with Gasteiger partial charge in [-0.1, -0.05) is 0 Å². The van der Waals surface area contributed by atoms with Crippen LogP contribution in [0.4, 0.5) is 8.78 Å². The van der Waals surface area contributed by atoms with Gasteiger partial charge in [-0.2, -0.15) is 0 Å². The van der Waals surface area contributed by atoms with Crippen molar-refractivity contribution in [2.24, 2.45) is 0 Å². The molecule has 0 amide bonds. The van der Waals surface area contributed by atoms with Gasteiger partial charge in [-0.15, -0.1) is 0 Å². The van der Waals surface area contributed by atoms with E-state index >= 15 is 0 Å². The first-order chi connectivity index (χ1) is 6.19. The molecule has 1 aromatic rings. The standard InChI is InChI=1S/C9H8F2O2/c1-2-13-9-4-8(11)7(10)3-6(9)5-12/h3-5H,2H2,1H3. The van der Waals surface area contributed by atoms with Crippen LogP contribution in [0.2, 0.25) is 0 Å². The summed E-state index contributed by atoms with van der Waals surface area (Å²) in [4.78, 5) is 10.4. The van der Waals surface area contributed by atoms with E-state index in [2.05, 4.69) is 0 Å². The van der Waals surface area contributed by atoms with Gasteiger partial charge in [0.1, 0.15) is 5.75 Å². The van der Waals surface area contributed by atoms with Gasteiger partial charge in [0.15, 0.2) is 17.9 Å². The lowest BCUT2D eigenvalue weighted by molar-refractivity contribution is 0.111. The molecule has 0 unspecified atom stereocenters. The van der Waals surface area contributed by atoms with Crippen LogP contribution < -0.4 is 4.74 Å². The summed E-state index contributed by atoms with van der Waals surface area (Å²) in [5, 5.41) is 0. The maximum atomic E-state index is 12.6. The minimum Gasteiger partial charge on any atom is -0.493 e. The van der Waals surface area contributed by atoms with E-state index in [4.69, 9.17) is 4.74 Å². The lowest BCUT2D eigenvalue weighted by Crippen LogP contribution is -1.98. The van der Waals surface area contributed by atoms with Crippen molar-refractivity contribution >= 4 is 6.29 Å². The average molecular weight is 186 g/mol. The Balaban J connectivity index is 3.16. The molecule has 0 fully saturated rings. The van der Waals surface area contributed by atoms with E-state index in [9.17, 15) is 13.6 Å².